The number of ether oxygens (including phenoxy) is 1. The topological polar surface area (TPSA) is 15.7 Å². The van der Waals surface area contributed by atoms with Gasteiger partial charge in [-0.25, -0.2) is 0 Å². The average molecular weight is 683 g/mol. The minimum Gasteiger partial charge on any atom is -0.458 e. The van der Waals surface area contributed by atoms with E-state index < -0.39 is 169 Å². The zero-order chi connectivity index (χ0) is 56.7. The summed E-state index contributed by atoms with van der Waals surface area (Å²) in [5.41, 5.74) is -7.85. The molecule has 2 aliphatic heterocycles. The van der Waals surface area contributed by atoms with Crippen LogP contribution in [-0.4, -0.2) is 6.71 Å². The Hall–Kier alpha value is -6.00. The normalized spacial score (nSPS) is 22.1. The molecule has 4 heteroatoms. The molecule has 3 nitrogen and oxygen atoms in total. The summed E-state index contributed by atoms with van der Waals surface area (Å²) >= 11 is 0. The molecule has 0 amide bonds. The zero-order valence-corrected chi connectivity index (χ0v) is 26.5. The van der Waals surface area contributed by atoms with Crippen LogP contribution in [0.25, 0.3) is 11.1 Å². The molecule has 3 aliphatic rings. The number of benzene rings is 7. The summed E-state index contributed by atoms with van der Waals surface area (Å²) in [6.45, 7) is -10.4. The summed E-state index contributed by atoms with van der Waals surface area (Å²) in [5, 5.41) is 0. The maximum Gasteiger partial charge on any atom is 0.256 e. The predicted molar refractivity (Wildman–Crippen MR) is 214 cm³/mol. The van der Waals surface area contributed by atoms with Crippen LogP contribution in [0.4, 0.5) is 34.1 Å². The van der Waals surface area contributed by atoms with E-state index >= 15 is 0 Å². The van der Waals surface area contributed by atoms with E-state index in [-0.39, 0.29) is 61.5 Å². The molecule has 0 aromatic heterocycles. The molecule has 0 N–H and O–H groups in total. The minimum absolute atomic E-state index is 0.00971. The third-order valence-electron chi connectivity index (χ3n) is 9.33. The second kappa shape index (κ2) is 11.0. The van der Waals surface area contributed by atoms with Gasteiger partial charge < -0.3 is 14.5 Å². The third-order valence-corrected chi connectivity index (χ3v) is 9.33. The van der Waals surface area contributed by atoms with E-state index in [2.05, 4.69) is 0 Å². The highest BCUT2D eigenvalue weighted by molar-refractivity contribution is 6.99. The largest absolute Gasteiger partial charge is 0.458 e. The second-order valence-corrected chi connectivity index (χ2v) is 12.2. The van der Waals surface area contributed by atoms with Crippen LogP contribution in [0.1, 0.15) is 71.6 Å². The number of hydrogen-bond acceptors (Lipinski definition) is 3. The summed E-state index contributed by atoms with van der Waals surface area (Å²) in [5.74, 6) is 0.0118. The van der Waals surface area contributed by atoms with Crippen molar-refractivity contribution in [1.82, 2.24) is 0 Å². The first-order valence-electron chi connectivity index (χ1n) is 28.8. The number of fused-ring (bicyclic) bond motifs is 7. The molecule has 0 saturated carbocycles. The number of rotatable bonds is 4. The Morgan fingerprint density at radius 2 is 1.37 bits per heavy atom. The molecule has 51 heavy (non-hydrogen) atoms. The van der Waals surface area contributed by atoms with E-state index in [1.54, 1.807) is 0 Å². The Morgan fingerprint density at radius 1 is 0.647 bits per heavy atom. The van der Waals surface area contributed by atoms with Crippen LogP contribution < -0.4 is 30.9 Å². The van der Waals surface area contributed by atoms with Crippen LogP contribution >= 0.6 is 0 Å². The minimum atomic E-state index is -3.57. The van der Waals surface area contributed by atoms with Crippen LogP contribution in [0.15, 0.2) is 151 Å². The predicted octanol–water partition coefficient (Wildman–Crippen LogP) is 10.5. The van der Waals surface area contributed by atoms with Gasteiger partial charge in [0.15, 0.2) is 0 Å². The maximum atomic E-state index is 9.44. The monoisotopic (exact) mass is 682 g/mol. The second-order valence-electron chi connectivity index (χ2n) is 12.2. The number of hydrogen-bond donors (Lipinski definition) is 0. The molecule has 10 rings (SSSR count). The Labute approximate surface area is 337 Å². The lowest BCUT2D eigenvalue weighted by Gasteiger charge is -2.40. The van der Waals surface area contributed by atoms with Crippen molar-refractivity contribution in [1.29, 1.82) is 0 Å². The van der Waals surface area contributed by atoms with Gasteiger partial charge in [0.2, 0.25) is 0 Å². The van der Waals surface area contributed by atoms with E-state index in [1.807, 2.05) is 0 Å². The number of anilines is 6. The van der Waals surface area contributed by atoms with Gasteiger partial charge in [0.1, 0.15) is 11.5 Å². The average Bonchev–Trinajstić information content (AvgIpc) is 3.97. The van der Waals surface area contributed by atoms with Crippen molar-refractivity contribution in [3.63, 3.8) is 0 Å². The molecule has 0 unspecified atom stereocenters. The molecule has 0 radical (unpaired) electrons. The van der Waals surface area contributed by atoms with E-state index in [9.17, 15) is 11.0 Å². The van der Waals surface area contributed by atoms with Gasteiger partial charge in [-0.15, -0.1) is 0 Å². The first-order chi connectivity index (χ1) is 35.7. The number of para-hydroxylation sites is 2. The standard InChI is InChI=1S/C47H37BN2O/c1-30-17-21-33(22-18-30)49(34-23-19-31(2)20-24-34)35-25-26-36-37-28-45-41(29-39(37)47(3,4)38(36)27-35)48-40-13-8-9-14-42(40)50(32-11-6-5-7-12-32)43-15-10-16-44(51-45)46(43)48/h5-29H,1-4H3/i1D3,3D3,4D3,5D,6D,7D,8D,9D,11D,12D,13D,14D,17D,18D,19D,20D,21D,22D,23D,24D. The molecule has 2 heterocycles. The smallest absolute Gasteiger partial charge is 0.256 e. The summed E-state index contributed by atoms with van der Waals surface area (Å²) in [4.78, 5) is 1.90. The molecule has 0 fully saturated rings. The Bertz CT molecular complexity index is 3730. The summed E-state index contributed by atoms with van der Waals surface area (Å²) < 4.78 is 238. The third kappa shape index (κ3) is 4.46. The lowest BCUT2D eigenvalue weighted by atomic mass is 9.34. The fourth-order valence-corrected chi connectivity index (χ4v) is 7.16. The molecule has 7 aromatic rings. The Morgan fingerprint density at radius 3 is 2.14 bits per heavy atom. The maximum absolute atomic E-state index is 9.44. The van der Waals surface area contributed by atoms with Crippen LogP contribution in [0.2, 0.25) is 0 Å². The van der Waals surface area contributed by atoms with Gasteiger partial charge in [-0.2, -0.15) is 0 Å². The lowest BCUT2D eigenvalue weighted by Crippen LogP contribution is -2.59. The Kier molecular flexibility index (Phi) is 2.94. The summed E-state index contributed by atoms with van der Waals surface area (Å²) in [6, 6.07) is -2.76. The Balaban J connectivity index is 1.30. The lowest BCUT2D eigenvalue weighted by molar-refractivity contribution is 0.487. The van der Waals surface area contributed by atoms with Crippen molar-refractivity contribution < 1.29 is 40.4 Å². The molecule has 0 saturated heterocycles. The van der Waals surface area contributed by atoms with Crippen LogP contribution in [0, 0.1) is 13.8 Å². The zero-order valence-electron chi connectivity index (χ0n) is 52.5. The molecule has 0 bridgehead atoms. The first kappa shape index (κ1) is 13.6. The quantitative estimate of drug-likeness (QED) is 0.172. The van der Waals surface area contributed by atoms with Crippen molar-refractivity contribution in [2.45, 2.75) is 32.9 Å². The van der Waals surface area contributed by atoms with E-state index in [1.165, 1.54) is 49.4 Å². The van der Waals surface area contributed by atoms with Crippen LogP contribution in [0.3, 0.4) is 0 Å². The van der Waals surface area contributed by atoms with Crippen LogP contribution in [0.5, 0.6) is 11.5 Å². The van der Waals surface area contributed by atoms with E-state index in [0.29, 0.717) is 0 Å². The molecular weight excluding hydrogens is 619 g/mol. The van der Waals surface area contributed by atoms with Crippen molar-refractivity contribution in [2.75, 3.05) is 9.80 Å². The van der Waals surface area contributed by atoms with Gasteiger partial charge >= 0.3 is 0 Å². The first-order valence-corrected chi connectivity index (χ1v) is 15.8. The number of nitrogens with zero attached hydrogens (tertiary/aromatic N) is 2. The SMILES string of the molecule is [2H]c1c([2H])c([2H])c(N2c3cccc4c3B(c3cc5c(cc3O4)-c3ccc(N(c4c([2H])c([2H])c(C)c([2H])c4[2H])c4c([2H])c([2H])c(C([2H])([2H])[2H])c([2H])c4[2H])cc3C5(C([2H])([2H])[2H])C([2H])([2H])[2H])c3c([2H])c([2H])c([2H])c([2H])c32)c([2H])c1[2H]. The van der Waals surface area contributed by atoms with Crippen molar-refractivity contribution in [3.8, 4) is 22.6 Å². The summed E-state index contributed by atoms with van der Waals surface area (Å²) in [6.07, 6.45) is 0. The van der Waals surface area contributed by atoms with Gasteiger partial charge in [-0.05, 0) is 125 Å². The molecule has 244 valence electrons. The van der Waals surface area contributed by atoms with Crippen molar-refractivity contribution in [3.05, 3.63) is 174 Å². The fraction of sp³-hybridized carbons (Fsp3) is 0.106. The van der Waals surface area contributed by atoms with Gasteiger partial charge in [0.25, 0.3) is 6.71 Å². The van der Waals surface area contributed by atoms with E-state index in [4.69, 9.17) is 29.4 Å². The van der Waals surface area contributed by atoms with Crippen molar-refractivity contribution >= 4 is 57.2 Å². The summed E-state index contributed by atoms with van der Waals surface area (Å²) in [7, 11) is 0. The van der Waals surface area contributed by atoms with Gasteiger partial charge in [0.05, 0.1) is 23.3 Å². The molecule has 0 spiro atoms. The highest BCUT2D eigenvalue weighted by atomic mass is 16.5. The fourth-order valence-electron chi connectivity index (χ4n) is 7.16. The molecule has 7 aromatic carbocycles. The van der Waals surface area contributed by atoms with Crippen molar-refractivity contribution in [2.24, 2.45) is 0 Å². The van der Waals surface area contributed by atoms with Gasteiger partial charge in [-0.3, -0.25) is 0 Å². The van der Waals surface area contributed by atoms with Gasteiger partial charge in [-0.1, -0.05) is 103 Å². The highest BCUT2D eigenvalue weighted by Gasteiger charge is 2.44. The molecule has 1 aliphatic carbocycles. The van der Waals surface area contributed by atoms with E-state index in [0.717, 1.165) is 15.9 Å². The highest BCUT2D eigenvalue weighted by Crippen LogP contribution is 2.52. The van der Waals surface area contributed by atoms with Gasteiger partial charge in [0, 0.05) is 51.9 Å². The van der Waals surface area contributed by atoms with Crippen LogP contribution in [-0.2, 0) is 5.41 Å². The molecular formula is C47H37BN2O. The molecule has 0 atom stereocenters.